The third-order valence-electron chi connectivity index (χ3n) is 6.13. The van der Waals surface area contributed by atoms with Crippen LogP contribution in [0.4, 0.5) is 24.5 Å². The number of halogens is 3. The van der Waals surface area contributed by atoms with Crippen molar-refractivity contribution < 1.29 is 22.8 Å². The summed E-state index contributed by atoms with van der Waals surface area (Å²) >= 11 is 1.00. The number of carbonyl (C=O) groups is 2. The summed E-state index contributed by atoms with van der Waals surface area (Å²) in [5, 5.41) is 17.4. The third-order valence-corrected chi connectivity index (χ3v) is 7.14. The van der Waals surface area contributed by atoms with Gasteiger partial charge in [-0.2, -0.15) is 18.4 Å². The highest BCUT2D eigenvalue weighted by atomic mass is 32.1. The number of terminal acetylenes is 1. The second-order valence-corrected chi connectivity index (χ2v) is 9.94. The van der Waals surface area contributed by atoms with Crippen LogP contribution in [0, 0.1) is 29.6 Å². The molecule has 214 valence electrons. The quantitative estimate of drug-likeness (QED) is 0.247. The molecule has 0 aliphatic carbocycles. The molecule has 0 saturated carbocycles. The number of rotatable bonds is 8. The topological polar surface area (TPSA) is 119 Å². The van der Waals surface area contributed by atoms with Gasteiger partial charge in [0, 0.05) is 24.1 Å². The SMILES string of the molecule is C#CCNC(=O)C(=C=c1sc(=C=CNc2cccc(NC(=O)CN3CCC(C(F)(F)F)CC3)c2)c(=O)n1CC)C#N. The van der Waals surface area contributed by atoms with E-state index in [0.29, 0.717) is 11.4 Å². The van der Waals surface area contributed by atoms with E-state index in [1.807, 2.05) is 0 Å². The molecule has 41 heavy (non-hydrogen) atoms. The molecule has 2 amide bonds. The summed E-state index contributed by atoms with van der Waals surface area (Å²) in [7, 11) is 0. The molecule has 0 atom stereocenters. The average Bonchev–Trinajstić information content (AvgIpc) is 3.23. The van der Waals surface area contributed by atoms with Gasteiger partial charge in [0.25, 0.3) is 11.5 Å². The lowest BCUT2D eigenvalue weighted by Gasteiger charge is -2.32. The first kappa shape index (κ1) is 31.0. The number of amides is 2. The zero-order chi connectivity index (χ0) is 30.0. The highest BCUT2D eigenvalue weighted by Gasteiger charge is 2.41. The number of likely N-dealkylation sites (tertiary alicyclic amines) is 1. The maximum absolute atomic E-state index is 12.9. The van der Waals surface area contributed by atoms with Gasteiger partial charge in [-0.3, -0.25) is 23.9 Å². The molecule has 1 aromatic carbocycles. The molecule has 1 aromatic heterocycles. The minimum atomic E-state index is -4.21. The number of hydrogen-bond donors (Lipinski definition) is 3. The van der Waals surface area contributed by atoms with Crippen LogP contribution in [-0.4, -0.2) is 53.6 Å². The molecule has 0 spiro atoms. The second kappa shape index (κ2) is 14.2. The highest BCUT2D eigenvalue weighted by Crippen LogP contribution is 2.34. The van der Waals surface area contributed by atoms with Crippen LogP contribution in [0.5, 0.6) is 0 Å². The molecule has 2 heterocycles. The van der Waals surface area contributed by atoms with E-state index in [0.717, 1.165) is 11.3 Å². The van der Waals surface area contributed by atoms with Crippen molar-refractivity contribution in [1.82, 2.24) is 14.8 Å². The largest absolute Gasteiger partial charge is 0.391 e. The number of aromatic nitrogens is 1. The number of nitrogens with one attached hydrogen (secondary N) is 3. The van der Waals surface area contributed by atoms with Crippen molar-refractivity contribution in [1.29, 1.82) is 5.26 Å². The standard InChI is InChI=1S/C28H27F3N6O3S/c1-3-11-34-26(39)19(17-32)15-25-37(4-2)27(40)23(41-25)8-12-33-21-6-5-7-22(16-21)35-24(38)18-36-13-9-20(10-14-36)28(29,30)31/h1,5-7,12,16,20,33H,4,9-11,13-14,18H2,2H3,(H,34,39)(H,35,38). The van der Waals surface area contributed by atoms with Crippen LogP contribution in [0.1, 0.15) is 19.8 Å². The van der Waals surface area contributed by atoms with Gasteiger partial charge in [0.15, 0.2) is 5.57 Å². The van der Waals surface area contributed by atoms with Crippen molar-refractivity contribution in [2.24, 2.45) is 5.92 Å². The summed E-state index contributed by atoms with van der Waals surface area (Å²) in [5.74, 6) is -0.123. The van der Waals surface area contributed by atoms with Gasteiger partial charge in [-0.25, -0.2) is 0 Å². The maximum atomic E-state index is 12.9. The van der Waals surface area contributed by atoms with Crippen molar-refractivity contribution in [2.45, 2.75) is 32.5 Å². The predicted octanol–water partition coefficient (Wildman–Crippen LogP) is 1.73. The second-order valence-electron chi connectivity index (χ2n) is 8.94. The molecule has 0 unspecified atom stereocenters. The first-order valence-electron chi connectivity index (χ1n) is 12.6. The van der Waals surface area contributed by atoms with Crippen molar-refractivity contribution in [3.8, 4) is 18.4 Å². The van der Waals surface area contributed by atoms with Crippen LogP contribution in [0.2, 0.25) is 0 Å². The molecule has 0 bridgehead atoms. The Bertz CT molecular complexity index is 1630. The summed E-state index contributed by atoms with van der Waals surface area (Å²) < 4.78 is 40.4. The predicted molar refractivity (Wildman–Crippen MR) is 150 cm³/mol. The van der Waals surface area contributed by atoms with Crippen LogP contribution in [-0.2, 0) is 16.1 Å². The maximum Gasteiger partial charge on any atom is 0.391 e. The number of nitrogens with zero attached hydrogens (tertiary/aromatic N) is 3. The number of piperidine rings is 1. The van der Waals surface area contributed by atoms with Crippen LogP contribution < -0.4 is 30.7 Å². The zero-order valence-corrected chi connectivity index (χ0v) is 22.9. The normalized spacial score (nSPS) is 13.6. The smallest absolute Gasteiger partial charge is 0.355 e. The average molecular weight is 585 g/mol. The fraction of sp³-hybridized carbons (Fsp3) is 0.357. The van der Waals surface area contributed by atoms with Gasteiger partial charge in [0.2, 0.25) is 5.91 Å². The van der Waals surface area contributed by atoms with Gasteiger partial charge >= 0.3 is 6.18 Å². The number of benzene rings is 1. The number of carbonyl (C=O) groups excluding carboxylic acids is 2. The minimum Gasteiger partial charge on any atom is -0.355 e. The molecule has 0 radical (unpaired) electrons. The van der Waals surface area contributed by atoms with E-state index < -0.39 is 18.0 Å². The molecule has 3 rings (SSSR count). The first-order chi connectivity index (χ1) is 19.5. The Kier molecular flexibility index (Phi) is 10.8. The van der Waals surface area contributed by atoms with Gasteiger partial charge < -0.3 is 16.0 Å². The van der Waals surface area contributed by atoms with Crippen molar-refractivity contribution in [2.75, 3.05) is 36.8 Å². The van der Waals surface area contributed by atoms with Crippen LogP contribution >= 0.6 is 11.3 Å². The summed E-state index contributed by atoms with van der Waals surface area (Å²) in [5.41, 5.74) is 5.91. The fourth-order valence-corrected chi connectivity index (χ4v) is 5.02. The molecule has 1 saturated heterocycles. The highest BCUT2D eigenvalue weighted by molar-refractivity contribution is 7.07. The lowest BCUT2D eigenvalue weighted by Crippen LogP contribution is -2.42. The first-order valence-corrected chi connectivity index (χ1v) is 13.4. The third kappa shape index (κ3) is 8.74. The molecular weight excluding hydrogens is 557 g/mol. The number of alkyl halides is 3. The van der Waals surface area contributed by atoms with Gasteiger partial charge in [0.05, 0.1) is 19.0 Å². The monoisotopic (exact) mass is 584 g/mol. The number of nitriles is 1. The molecule has 9 nitrogen and oxygen atoms in total. The van der Waals surface area contributed by atoms with E-state index in [-0.39, 0.29) is 71.8 Å². The fourth-order valence-electron chi connectivity index (χ4n) is 4.04. The Labute approximate surface area is 238 Å². The Morgan fingerprint density at radius 1 is 1.24 bits per heavy atom. The van der Waals surface area contributed by atoms with E-state index >= 15 is 0 Å². The van der Waals surface area contributed by atoms with E-state index in [2.05, 4.69) is 33.3 Å². The van der Waals surface area contributed by atoms with Crippen molar-refractivity contribution in [3.63, 3.8) is 0 Å². The number of thiazole rings is 1. The zero-order valence-electron chi connectivity index (χ0n) is 22.1. The minimum absolute atomic E-state index is 0.00905. The van der Waals surface area contributed by atoms with Gasteiger partial charge in [-0.1, -0.05) is 34.8 Å². The lowest BCUT2D eigenvalue weighted by atomic mass is 9.96. The molecule has 3 N–H and O–H groups in total. The Hall–Kier alpha value is -4.51. The molecule has 13 heteroatoms. The van der Waals surface area contributed by atoms with Crippen molar-refractivity contribution in [3.05, 3.63) is 55.6 Å². The number of anilines is 2. The van der Waals surface area contributed by atoms with Crippen LogP contribution in [0.15, 0.2) is 40.8 Å². The Morgan fingerprint density at radius 3 is 2.59 bits per heavy atom. The summed E-state index contributed by atoms with van der Waals surface area (Å²) in [4.78, 5) is 39.0. The summed E-state index contributed by atoms with van der Waals surface area (Å²) in [6.07, 6.45) is 2.28. The number of hydrogen-bond acceptors (Lipinski definition) is 7. The van der Waals surface area contributed by atoms with Crippen LogP contribution in [0.25, 0.3) is 11.5 Å². The van der Waals surface area contributed by atoms with Crippen molar-refractivity contribution >= 4 is 46.0 Å². The van der Waals surface area contributed by atoms with Gasteiger partial charge in [0.1, 0.15) is 15.3 Å². The summed E-state index contributed by atoms with van der Waals surface area (Å²) in [6.45, 7) is 2.35. The molecule has 2 aromatic rings. The van der Waals surface area contributed by atoms with E-state index in [1.165, 1.54) is 10.8 Å². The van der Waals surface area contributed by atoms with Gasteiger partial charge in [-0.15, -0.1) is 6.42 Å². The molecule has 1 aliphatic rings. The Morgan fingerprint density at radius 2 is 1.95 bits per heavy atom. The molecule has 1 aliphatic heterocycles. The van der Waals surface area contributed by atoms with Gasteiger partial charge in [-0.05, 0) is 51.1 Å². The lowest BCUT2D eigenvalue weighted by molar-refractivity contribution is -0.184. The van der Waals surface area contributed by atoms with E-state index in [9.17, 15) is 32.8 Å². The molecular formula is C28H27F3N6O3S. The summed E-state index contributed by atoms with van der Waals surface area (Å²) in [6, 6.07) is 8.50. The Balaban J connectivity index is 1.72. The molecule has 1 fully saturated rings. The van der Waals surface area contributed by atoms with Crippen LogP contribution in [0.3, 0.4) is 0 Å². The van der Waals surface area contributed by atoms with E-state index in [4.69, 9.17) is 6.42 Å². The van der Waals surface area contributed by atoms with E-state index in [1.54, 1.807) is 42.2 Å².